The van der Waals surface area contributed by atoms with E-state index in [-0.39, 0.29) is 0 Å². The minimum atomic E-state index is -0.464. The SMILES string of the molecule is c1ccc(-n2c3ccccc3c3c(N(c4ccc5c(c4)C4(c6ccccc6-c6ccccc64)c4ccccc4-5)c4ccc5c6ccccc6c6ccccc6c5c4)cccc32)cc1. The van der Waals surface area contributed by atoms with Crippen LogP contribution in [-0.4, -0.2) is 4.57 Å². The molecule has 12 aromatic rings. The largest absolute Gasteiger partial charge is 0.310 e. The lowest BCUT2D eigenvalue weighted by Gasteiger charge is -2.32. The maximum Gasteiger partial charge on any atom is 0.0726 e. The Labute approximate surface area is 365 Å². The summed E-state index contributed by atoms with van der Waals surface area (Å²) in [6, 6.07) is 86.0. The molecule has 63 heavy (non-hydrogen) atoms. The molecule has 0 atom stereocenters. The minimum absolute atomic E-state index is 0.464. The molecule has 0 unspecified atom stereocenters. The zero-order valence-corrected chi connectivity index (χ0v) is 34.3. The van der Waals surface area contributed by atoms with E-state index in [4.69, 9.17) is 0 Å². The van der Waals surface area contributed by atoms with E-state index in [1.165, 1.54) is 98.6 Å². The lowest BCUT2D eigenvalue weighted by atomic mass is 9.70. The molecule has 2 aliphatic carbocycles. The van der Waals surface area contributed by atoms with E-state index in [1.54, 1.807) is 0 Å². The molecule has 14 rings (SSSR count). The van der Waals surface area contributed by atoms with Crippen molar-refractivity contribution in [2.75, 3.05) is 4.90 Å². The molecule has 1 heterocycles. The third-order valence-corrected chi connectivity index (χ3v) is 14.2. The highest BCUT2D eigenvalue weighted by molar-refractivity contribution is 6.26. The van der Waals surface area contributed by atoms with Gasteiger partial charge in [0.1, 0.15) is 0 Å². The normalized spacial score (nSPS) is 13.2. The fourth-order valence-corrected chi connectivity index (χ4v) is 11.7. The van der Waals surface area contributed by atoms with Crippen molar-refractivity contribution in [3.05, 3.63) is 253 Å². The number of fused-ring (bicyclic) bond motifs is 19. The molecular weight excluding hydrogens is 761 g/mol. The number of rotatable bonds is 4. The van der Waals surface area contributed by atoms with Crippen LogP contribution in [0.5, 0.6) is 0 Å². The van der Waals surface area contributed by atoms with Crippen LogP contribution in [0.15, 0.2) is 231 Å². The second-order valence-corrected chi connectivity index (χ2v) is 17.1. The van der Waals surface area contributed by atoms with Crippen LogP contribution in [0.1, 0.15) is 22.3 Å². The van der Waals surface area contributed by atoms with Crippen LogP contribution < -0.4 is 4.90 Å². The molecule has 0 fully saturated rings. The average Bonchev–Trinajstić information content (AvgIpc) is 3.97. The molecule has 0 amide bonds. The molecule has 2 aliphatic rings. The standard InChI is InChI=1S/C61H38N2/c1-2-17-39(18-3-1)63-57-30-15-11-26-51(57)60-58(31-16-32-59(60)63)62(40-33-35-46-44-21-5-4-19-42(44)43-20-6-7-22-45(43)52(46)37-40)41-34-36-50-49-25-10-14-29-55(49)61(56(50)38-41)53-27-12-8-23-47(53)48-24-9-13-28-54(48)61/h1-38H. The Balaban J connectivity index is 1.10. The van der Waals surface area contributed by atoms with E-state index in [0.29, 0.717) is 0 Å². The molecule has 2 heteroatoms. The smallest absolute Gasteiger partial charge is 0.0726 e. The van der Waals surface area contributed by atoms with Gasteiger partial charge in [-0.25, -0.2) is 0 Å². The number of hydrogen-bond donors (Lipinski definition) is 0. The van der Waals surface area contributed by atoms with E-state index in [0.717, 1.165) is 22.7 Å². The lowest BCUT2D eigenvalue weighted by Crippen LogP contribution is -2.26. The molecule has 1 aromatic heterocycles. The molecule has 0 radical (unpaired) electrons. The van der Waals surface area contributed by atoms with Crippen LogP contribution in [0.25, 0.3) is 82.1 Å². The third kappa shape index (κ3) is 4.57. The summed E-state index contributed by atoms with van der Waals surface area (Å²) in [6.07, 6.45) is 0. The van der Waals surface area contributed by atoms with E-state index < -0.39 is 5.41 Å². The van der Waals surface area contributed by atoms with Crippen LogP contribution >= 0.6 is 0 Å². The van der Waals surface area contributed by atoms with Crippen molar-refractivity contribution in [3.8, 4) is 27.9 Å². The van der Waals surface area contributed by atoms with Gasteiger partial charge >= 0.3 is 0 Å². The first kappa shape index (κ1) is 34.5. The van der Waals surface area contributed by atoms with Gasteiger partial charge in [0.05, 0.1) is 22.1 Å². The van der Waals surface area contributed by atoms with Gasteiger partial charge in [0.25, 0.3) is 0 Å². The maximum absolute atomic E-state index is 2.54. The number of hydrogen-bond acceptors (Lipinski definition) is 1. The first-order valence-corrected chi connectivity index (χ1v) is 21.9. The highest BCUT2D eigenvalue weighted by atomic mass is 15.1. The summed E-state index contributed by atoms with van der Waals surface area (Å²) in [4.78, 5) is 2.54. The molecular formula is C61H38N2. The van der Waals surface area contributed by atoms with E-state index in [1.807, 2.05) is 0 Å². The molecule has 0 N–H and O–H groups in total. The van der Waals surface area contributed by atoms with Gasteiger partial charge in [-0.05, 0) is 131 Å². The predicted molar refractivity (Wildman–Crippen MR) is 264 cm³/mol. The Morgan fingerprint density at radius 2 is 0.762 bits per heavy atom. The molecule has 0 aliphatic heterocycles. The Hall–Kier alpha value is -8.20. The van der Waals surface area contributed by atoms with Crippen LogP contribution in [0.4, 0.5) is 17.1 Å². The zero-order chi connectivity index (χ0) is 41.2. The second-order valence-electron chi connectivity index (χ2n) is 17.1. The average molecular weight is 799 g/mol. The van der Waals surface area contributed by atoms with Crippen molar-refractivity contribution in [2.24, 2.45) is 0 Å². The minimum Gasteiger partial charge on any atom is -0.310 e. The fraction of sp³-hybridized carbons (Fsp3) is 0.0164. The Morgan fingerprint density at radius 3 is 1.40 bits per heavy atom. The van der Waals surface area contributed by atoms with E-state index >= 15 is 0 Å². The monoisotopic (exact) mass is 798 g/mol. The number of para-hydroxylation sites is 2. The van der Waals surface area contributed by atoms with Crippen LogP contribution in [0, 0.1) is 0 Å². The van der Waals surface area contributed by atoms with Crippen molar-refractivity contribution >= 4 is 71.2 Å². The molecule has 1 spiro atoms. The lowest BCUT2D eigenvalue weighted by molar-refractivity contribution is 0.793. The summed E-state index contributed by atoms with van der Waals surface area (Å²) in [5.74, 6) is 0. The summed E-state index contributed by atoms with van der Waals surface area (Å²) in [6.45, 7) is 0. The highest BCUT2D eigenvalue weighted by Gasteiger charge is 2.51. The molecule has 0 bridgehead atoms. The summed E-state index contributed by atoms with van der Waals surface area (Å²) >= 11 is 0. The molecule has 11 aromatic carbocycles. The van der Waals surface area contributed by atoms with Crippen molar-refractivity contribution in [1.29, 1.82) is 0 Å². The summed E-state index contributed by atoms with van der Waals surface area (Å²) < 4.78 is 2.42. The second kappa shape index (κ2) is 12.9. The van der Waals surface area contributed by atoms with E-state index in [2.05, 4.69) is 240 Å². The topological polar surface area (TPSA) is 8.17 Å². The quantitative estimate of drug-likeness (QED) is 0.161. The number of nitrogens with zero attached hydrogens (tertiary/aromatic N) is 2. The van der Waals surface area contributed by atoms with Gasteiger partial charge in [0.15, 0.2) is 0 Å². The third-order valence-electron chi connectivity index (χ3n) is 14.2. The van der Waals surface area contributed by atoms with Gasteiger partial charge < -0.3 is 9.47 Å². The number of aromatic nitrogens is 1. The van der Waals surface area contributed by atoms with Crippen molar-refractivity contribution in [2.45, 2.75) is 5.41 Å². The summed E-state index contributed by atoms with van der Waals surface area (Å²) in [5.41, 5.74) is 17.0. The first-order valence-electron chi connectivity index (χ1n) is 21.9. The van der Waals surface area contributed by atoms with Gasteiger partial charge in [-0.2, -0.15) is 0 Å². The summed E-state index contributed by atoms with van der Waals surface area (Å²) in [5, 5.41) is 10.0. The number of anilines is 3. The van der Waals surface area contributed by atoms with Gasteiger partial charge in [-0.1, -0.05) is 176 Å². The molecule has 2 nitrogen and oxygen atoms in total. The maximum atomic E-state index is 2.54. The van der Waals surface area contributed by atoms with Crippen molar-refractivity contribution in [3.63, 3.8) is 0 Å². The fourth-order valence-electron chi connectivity index (χ4n) is 11.7. The van der Waals surface area contributed by atoms with Gasteiger partial charge in [-0.3, -0.25) is 0 Å². The van der Waals surface area contributed by atoms with Crippen molar-refractivity contribution in [1.82, 2.24) is 4.57 Å². The molecule has 0 saturated heterocycles. The predicted octanol–water partition coefficient (Wildman–Crippen LogP) is 16.1. The highest BCUT2D eigenvalue weighted by Crippen LogP contribution is 2.63. The van der Waals surface area contributed by atoms with Crippen molar-refractivity contribution < 1.29 is 0 Å². The Kier molecular flexibility index (Phi) is 7.07. The Morgan fingerprint density at radius 1 is 0.302 bits per heavy atom. The van der Waals surface area contributed by atoms with Crippen LogP contribution in [0.3, 0.4) is 0 Å². The van der Waals surface area contributed by atoms with Gasteiger partial charge in [0.2, 0.25) is 0 Å². The number of benzene rings is 11. The van der Waals surface area contributed by atoms with Crippen LogP contribution in [0.2, 0.25) is 0 Å². The van der Waals surface area contributed by atoms with Gasteiger partial charge in [-0.15, -0.1) is 0 Å². The summed E-state index contributed by atoms with van der Waals surface area (Å²) in [7, 11) is 0. The van der Waals surface area contributed by atoms with Crippen LogP contribution in [-0.2, 0) is 5.41 Å². The van der Waals surface area contributed by atoms with E-state index in [9.17, 15) is 0 Å². The first-order chi connectivity index (χ1) is 31.3. The van der Waals surface area contributed by atoms with Gasteiger partial charge in [0, 0.05) is 27.8 Å². The zero-order valence-electron chi connectivity index (χ0n) is 34.3. The Bertz CT molecular complexity index is 3770. The molecule has 292 valence electrons. The molecule has 0 saturated carbocycles.